The predicted octanol–water partition coefficient (Wildman–Crippen LogP) is 2.98. The number of thiophene rings is 1. The van der Waals surface area contributed by atoms with Crippen molar-refractivity contribution in [1.82, 2.24) is 19.9 Å². The Bertz CT molecular complexity index is 1250. The van der Waals surface area contributed by atoms with Crippen LogP contribution in [0.5, 0.6) is 5.88 Å². The van der Waals surface area contributed by atoms with E-state index >= 15 is 0 Å². The van der Waals surface area contributed by atoms with E-state index in [1.165, 1.54) is 24.5 Å². The van der Waals surface area contributed by atoms with Gasteiger partial charge in [-0.1, -0.05) is 11.2 Å². The summed E-state index contributed by atoms with van der Waals surface area (Å²) >= 11 is 1.47. The number of amides is 1. The molecule has 0 aromatic carbocycles. The van der Waals surface area contributed by atoms with Crippen molar-refractivity contribution in [1.29, 1.82) is 0 Å². The lowest BCUT2D eigenvalue weighted by Gasteiger charge is -2.11. The van der Waals surface area contributed by atoms with Crippen LogP contribution in [0.2, 0.25) is 0 Å². The maximum Gasteiger partial charge on any atom is 0.268 e. The SMILES string of the molecule is COc1ncccc1NC(=O)Cn1nc(-c2cccs2)c(-c2cc(C)no2)cc1=O. The molecule has 152 valence electrons. The number of rotatable bonds is 6. The lowest BCUT2D eigenvalue weighted by molar-refractivity contribution is -0.117. The number of anilines is 1. The minimum atomic E-state index is -0.437. The highest BCUT2D eigenvalue weighted by atomic mass is 32.1. The van der Waals surface area contributed by atoms with E-state index in [1.807, 2.05) is 17.5 Å². The number of nitrogens with one attached hydrogen (secondary N) is 1. The van der Waals surface area contributed by atoms with Crippen LogP contribution in [0.15, 0.2) is 57.3 Å². The first-order valence-corrected chi connectivity index (χ1v) is 9.81. The quantitative estimate of drug-likeness (QED) is 0.507. The maximum atomic E-state index is 12.7. The molecule has 0 radical (unpaired) electrons. The molecule has 1 N–H and O–H groups in total. The van der Waals surface area contributed by atoms with Crippen molar-refractivity contribution < 1.29 is 14.1 Å². The summed E-state index contributed by atoms with van der Waals surface area (Å²) in [7, 11) is 1.46. The number of carbonyl (C=O) groups excluding carboxylic acids is 1. The molecule has 0 spiro atoms. The standard InChI is InChI=1S/C20H17N5O4S/c1-12-9-15(29-24-12)13-10-18(27)25(23-19(13)16-6-4-8-30-16)11-17(26)22-14-5-3-7-21-20(14)28-2/h3-10H,11H2,1-2H3,(H,22,26). The van der Waals surface area contributed by atoms with E-state index in [1.54, 1.807) is 31.3 Å². The van der Waals surface area contributed by atoms with E-state index in [2.05, 4.69) is 20.6 Å². The predicted molar refractivity (Wildman–Crippen MR) is 111 cm³/mol. The summed E-state index contributed by atoms with van der Waals surface area (Å²) in [4.78, 5) is 30.1. The minimum absolute atomic E-state index is 0.273. The largest absolute Gasteiger partial charge is 0.480 e. The van der Waals surface area contributed by atoms with Crippen LogP contribution in [0.1, 0.15) is 5.69 Å². The van der Waals surface area contributed by atoms with Gasteiger partial charge in [-0.25, -0.2) is 9.67 Å². The van der Waals surface area contributed by atoms with Crippen molar-refractivity contribution in [3.8, 4) is 27.8 Å². The lowest BCUT2D eigenvalue weighted by Crippen LogP contribution is -2.30. The number of ether oxygens (including phenoxy) is 1. The average molecular weight is 423 g/mol. The van der Waals surface area contributed by atoms with E-state index in [-0.39, 0.29) is 12.4 Å². The summed E-state index contributed by atoms with van der Waals surface area (Å²) < 4.78 is 11.6. The van der Waals surface area contributed by atoms with Gasteiger partial charge >= 0.3 is 0 Å². The normalized spacial score (nSPS) is 10.7. The van der Waals surface area contributed by atoms with Gasteiger partial charge in [-0.05, 0) is 30.5 Å². The molecule has 0 aliphatic carbocycles. The average Bonchev–Trinajstić information content (AvgIpc) is 3.41. The van der Waals surface area contributed by atoms with Gasteiger partial charge in [-0.15, -0.1) is 11.3 Å². The lowest BCUT2D eigenvalue weighted by atomic mass is 10.1. The van der Waals surface area contributed by atoms with Crippen molar-refractivity contribution in [2.45, 2.75) is 13.5 Å². The molecule has 0 bridgehead atoms. The molecule has 0 saturated carbocycles. The van der Waals surface area contributed by atoms with Crippen LogP contribution < -0.4 is 15.6 Å². The molecule has 4 heterocycles. The van der Waals surface area contributed by atoms with Crippen molar-refractivity contribution in [2.75, 3.05) is 12.4 Å². The van der Waals surface area contributed by atoms with Crippen LogP contribution in [0, 0.1) is 6.92 Å². The topological polar surface area (TPSA) is 112 Å². The number of hydrogen-bond donors (Lipinski definition) is 1. The number of hydrogen-bond acceptors (Lipinski definition) is 8. The zero-order valence-corrected chi connectivity index (χ0v) is 17.0. The van der Waals surface area contributed by atoms with Crippen molar-refractivity contribution in [3.63, 3.8) is 0 Å². The highest BCUT2D eigenvalue weighted by molar-refractivity contribution is 7.13. The van der Waals surface area contributed by atoms with Crippen molar-refractivity contribution in [3.05, 3.63) is 64.0 Å². The second-order valence-electron chi connectivity index (χ2n) is 6.32. The summed E-state index contributed by atoms with van der Waals surface area (Å²) in [6, 6.07) is 10.2. The Balaban J connectivity index is 1.68. The second kappa shape index (κ2) is 8.29. The molecule has 0 saturated heterocycles. The Labute approximate surface area is 174 Å². The van der Waals surface area contributed by atoms with Gasteiger partial charge in [0.05, 0.1) is 23.2 Å². The molecule has 1 amide bonds. The molecule has 10 heteroatoms. The molecular formula is C20H17N5O4S. The Morgan fingerprint density at radius 3 is 2.87 bits per heavy atom. The number of aryl methyl sites for hydroxylation is 1. The Hall–Kier alpha value is -3.79. The summed E-state index contributed by atoms with van der Waals surface area (Å²) in [5.74, 6) is 0.287. The molecule has 9 nitrogen and oxygen atoms in total. The third-order valence-corrected chi connectivity index (χ3v) is 5.05. The summed E-state index contributed by atoms with van der Waals surface area (Å²) in [6.07, 6.45) is 1.55. The molecule has 0 aliphatic heterocycles. The van der Waals surface area contributed by atoms with Crippen LogP contribution in [0.3, 0.4) is 0 Å². The van der Waals surface area contributed by atoms with Gasteiger partial charge in [-0.2, -0.15) is 5.10 Å². The molecule has 4 rings (SSSR count). The Morgan fingerprint density at radius 2 is 2.17 bits per heavy atom. The fourth-order valence-electron chi connectivity index (χ4n) is 2.85. The van der Waals surface area contributed by atoms with Gasteiger partial charge in [0.2, 0.25) is 11.8 Å². The van der Waals surface area contributed by atoms with Crippen molar-refractivity contribution in [2.24, 2.45) is 0 Å². The molecule has 0 atom stereocenters. The third kappa shape index (κ3) is 3.98. The molecule has 4 aromatic heterocycles. The fourth-order valence-corrected chi connectivity index (χ4v) is 3.57. The zero-order chi connectivity index (χ0) is 21.1. The molecule has 4 aromatic rings. The maximum absolute atomic E-state index is 12.7. The molecule has 0 aliphatic rings. The zero-order valence-electron chi connectivity index (χ0n) is 16.2. The highest BCUT2D eigenvalue weighted by Gasteiger charge is 2.18. The van der Waals surface area contributed by atoms with E-state index in [0.717, 1.165) is 9.56 Å². The molecular weight excluding hydrogens is 406 g/mol. The number of methoxy groups -OCH3 is 1. The highest BCUT2D eigenvalue weighted by Crippen LogP contribution is 2.32. The Kier molecular flexibility index (Phi) is 5.40. The summed E-state index contributed by atoms with van der Waals surface area (Å²) in [5.41, 5.74) is 1.72. The Morgan fingerprint density at radius 1 is 1.30 bits per heavy atom. The van der Waals surface area contributed by atoms with Gasteiger partial charge in [0.1, 0.15) is 17.9 Å². The number of pyridine rings is 1. The van der Waals surface area contributed by atoms with Gasteiger partial charge in [0, 0.05) is 18.3 Å². The van der Waals surface area contributed by atoms with E-state index in [9.17, 15) is 9.59 Å². The van der Waals surface area contributed by atoms with E-state index < -0.39 is 11.5 Å². The summed E-state index contributed by atoms with van der Waals surface area (Å²) in [6.45, 7) is 1.52. The van der Waals surface area contributed by atoms with Crippen molar-refractivity contribution >= 4 is 22.9 Å². The van der Waals surface area contributed by atoms with Gasteiger partial charge in [0.15, 0.2) is 5.76 Å². The van der Waals surface area contributed by atoms with Gasteiger partial charge in [0.25, 0.3) is 5.56 Å². The van der Waals surface area contributed by atoms with Crippen LogP contribution >= 0.6 is 11.3 Å². The van der Waals surface area contributed by atoms with Crippen LogP contribution in [-0.2, 0) is 11.3 Å². The number of nitrogens with zero attached hydrogens (tertiary/aromatic N) is 4. The van der Waals surface area contributed by atoms with Crippen LogP contribution in [0.4, 0.5) is 5.69 Å². The fraction of sp³-hybridized carbons (Fsp3) is 0.150. The summed E-state index contributed by atoms with van der Waals surface area (Å²) in [5, 5.41) is 12.9. The minimum Gasteiger partial charge on any atom is -0.480 e. The van der Waals surface area contributed by atoms with E-state index in [0.29, 0.717) is 28.4 Å². The number of carbonyl (C=O) groups is 1. The monoisotopic (exact) mass is 423 g/mol. The second-order valence-corrected chi connectivity index (χ2v) is 7.27. The number of aromatic nitrogens is 4. The van der Waals surface area contributed by atoms with E-state index in [4.69, 9.17) is 9.26 Å². The smallest absolute Gasteiger partial charge is 0.268 e. The molecule has 0 unspecified atom stereocenters. The molecule has 30 heavy (non-hydrogen) atoms. The first-order valence-electron chi connectivity index (χ1n) is 8.93. The van der Waals surface area contributed by atoms with Gasteiger partial charge < -0.3 is 14.6 Å². The molecule has 0 fully saturated rings. The first-order chi connectivity index (χ1) is 14.5. The first kappa shape index (κ1) is 19.5. The van der Waals surface area contributed by atoms with Crippen LogP contribution in [-0.4, -0.2) is 32.9 Å². The third-order valence-electron chi connectivity index (χ3n) is 4.18. The van der Waals surface area contributed by atoms with Crippen LogP contribution in [0.25, 0.3) is 21.9 Å². The van der Waals surface area contributed by atoms with Gasteiger partial charge in [-0.3, -0.25) is 9.59 Å².